The fraction of sp³-hybridized carbons (Fsp3) is 0.136. The van der Waals surface area contributed by atoms with E-state index >= 15 is 0 Å². The van der Waals surface area contributed by atoms with Gasteiger partial charge in [0.1, 0.15) is 0 Å². The van der Waals surface area contributed by atoms with Crippen LogP contribution in [0.15, 0.2) is 72.0 Å². The Bertz CT molecular complexity index is 1090. The second kappa shape index (κ2) is 7.71. The van der Waals surface area contributed by atoms with Crippen LogP contribution in [0.25, 0.3) is 11.1 Å². The van der Waals surface area contributed by atoms with Crippen molar-refractivity contribution in [3.05, 3.63) is 94.4 Å². The lowest BCUT2D eigenvalue weighted by atomic mass is 9.93. The molecule has 0 bridgehead atoms. The lowest BCUT2D eigenvalue weighted by molar-refractivity contribution is 0.760. The number of anilines is 1. The summed E-state index contributed by atoms with van der Waals surface area (Å²) in [5, 5.41) is 9.10. The summed E-state index contributed by atoms with van der Waals surface area (Å²) in [6.07, 6.45) is 2.43. The first-order chi connectivity index (χ1) is 13.0. The van der Waals surface area contributed by atoms with Crippen LogP contribution < -0.4 is 11.3 Å². The minimum atomic E-state index is -0.189. The molecule has 134 valence electrons. The highest BCUT2D eigenvalue weighted by Crippen LogP contribution is 2.25. The Morgan fingerprint density at radius 1 is 1.22 bits per heavy atom. The SMILES string of the molecule is C=C[C@@H](Cc1cccc(-c2cccc(C#N)c2)c1)c1cc(=O)n(C)c(N)n1. The van der Waals surface area contributed by atoms with Crippen molar-refractivity contribution in [3.63, 3.8) is 0 Å². The third-order valence-electron chi connectivity index (χ3n) is 4.56. The quantitative estimate of drug-likeness (QED) is 0.710. The molecule has 1 aromatic heterocycles. The molecule has 0 amide bonds. The molecule has 0 spiro atoms. The van der Waals surface area contributed by atoms with Crippen LogP contribution >= 0.6 is 0 Å². The summed E-state index contributed by atoms with van der Waals surface area (Å²) in [5.41, 5.74) is 9.98. The van der Waals surface area contributed by atoms with E-state index in [0.29, 0.717) is 17.7 Å². The molecule has 1 heterocycles. The molecular weight excluding hydrogens is 336 g/mol. The van der Waals surface area contributed by atoms with E-state index in [1.54, 1.807) is 19.2 Å². The van der Waals surface area contributed by atoms with E-state index in [1.165, 1.54) is 10.6 Å². The molecule has 0 aliphatic heterocycles. The van der Waals surface area contributed by atoms with E-state index in [0.717, 1.165) is 16.7 Å². The predicted molar refractivity (Wildman–Crippen MR) is 107 cm³/mol. The molecule has 5 nitrogen and oxygen atoms in total. The van der Waals surface area contributed by atoms with Gasteiger partial charge in [-0.1, -0.05) is 42.5 Å². The largest absolute Gasteiger partial charge is 0.369 e. The molecule has 1 atom stereocenters. The Labute approximate surface area is 158 Å². The van der Waals surface area contributed by atoms with Crippen molar-refractivity contribution in [2.24, 2.45) is 7.05 Å². The van der Waals surface area contributed by atoms with Crippen molar-refractivity contribution in [3.8, 4) is 17.2 Å². The molecule has 2 N–H and O–H groups in total. The van der Waals surface area contributed by atoms with E-state index in [9.17, 15) is 4.79 Å². The number of nitrogens with two attached hydrogens (primary N) is 1. The Morgan fingerprint density at radius 3 is 2.59 bits per heavy atom. The summed E-state index contributed by atoms with van der Waals surface area (Å²) in [4.78, 5) is 16.4. The summed E-state index contributed by atoms with van der Waals surface area (Å²) in [6, 6.07) is 19.3. The first kappa shape index (κ1) is 18.2. The highest BCUT2D eigenvalue weighted by Gasteiger charge is 2.14. The van der Waals surface area contributed by atoms with Crippen LogP contribution in [0.5, 0.6) is 0 Å². The number of aromatic nitrogens is 2. The molecule has 0 saturated carbocycles. The zero-order chi connectivity index (χ0) is 19.4. The number of benzene rings is 2. The van der Waals surface area contributed by atoms with Gasteiger partial charge in [0, 0.05) is 19.0 Å². The zero-order valence-corrected chi connectivity index (χ0v) is 15.1. The van der Waals surface area contributed by atoms with Crippen LogP contribution in [0, 0.1) is 11.3 Å². The van der Waals surface area contributed by atoms with Gasteiger partial charge in [-0.15, -0.1) is 6.58 Å². The minimum Gasteiger partial charge on any atom is -0.369 e. The zero-order valence-electron chi connectivity index (χ0n) is 15.1. The van der Waals surface area contributed by atoms with Crippen LogP contribution in [0.4, 0.5) is 5.95 Å². The number of rotatable bonds is 5. The van der Waals surface area contributed by atoms with E-state index in [1.807, 2.05) is 36.4 Å². The van der Waals surface area contributed by atoms with Crippen molar-refractivity contribution in [2.45, 2.75) is 12.3 Å². The van der Waals surface area contributed by atoms with Crippen LogP contribution in [0.3, 0.4) is 0 Å². The number of nitrogen functional groups attached to an aromatic ring is 1. The first-order valence-electron chi connectivity index (χ1n) is 8.57. The highest BCUT2D eigenvalue weighted by atomic mass is 16.1. The number of hydrogen-bond acceptors (Lipinski definition) is 4. The monoisotopic (exact) mass is 356 g/mol. The molecule has 0 unspecified atom stereocenters. The number of nitriles is 1. The lowest BCUT2D eigenvalue weighted by Crippen LogP contribution is -2.22. The molecule has 27 heavy (non-hydrogen) atoms. The molecule has 3 aromatic rings. The number of nitrogens with zero attached hydrogens (tertiary/aromatic N) is 3. The lowest BCUT2D eigenvalue weighted by Gasteiger charge is -2.14. The summed E-state index contributed by atoms with van der Waals surface area (Å²) in [5.74, 6) is 0.0633. The number of allylic oxidation sites excluding steroid dienone is 1. The summed E-state index contributed by atoms with van der Waals surface area (Å²) in [6.45, 7) is 3.89. The van der Waals surface area contributed by atoms with Gasteiger partial charge in [-0.2, -0.15) is 5.26 Å². The molecule has 0 radical (unpaired) electrons. The Balaban J connectivity index is 1.92. The highest BCUT2D eigenvalue weighted by molar-refractivity contribution is 5.66. The molecule has 2 aromatic carbocycles. The summed E-state index contributed by atoms with van der Waals surface area (Å²) in [7, 11) is 1.59. The van der Waals surface area contributed by atoms with E-state index < -0.39 is 0 Å². The van der Waals surface area contributed by atoms with E-state index in [-0.39, 0.29) is 17.4 Å². The van der Waals surface area contributed by atoms with E-state index in [2.05, 4.69) is 23.7 Å². The molecule has 0 aliphatic rings. The van der Waals surface area contributed by atoms with Crippen molar-refractivity contribution in [1.29, 1.82) is 5.26 Å². The standard InChI is InChI=1S/C22H20N4O/c1-3-17(20-13-21(27)26(2)22(24)25-20)10-15-6-4-8-18(11-15)19-9-5-7-16(12-19)14-23/h3-9,11-13,17H,1,10H2,2H3,(H2,24,25)/t17-/m0/s1. The van der Waals surface area contributed by atoms with Gasteiger partial charge >= 0.3 is 0 Å². The van der Waals surface area contributed by atoms with Crippen LogP contribution in [-0.2, 0) is 13.5 Å². The van der Waals surface area contributed by atoms with Gasteiger partial charge in [0.15, 0.2) is 0 Å². The fourth-order valence-corrected chi connectivity index (χ4v) is 2.97. The van der Waals surface area contributed by atoms with Crippen LogP contribution in [0.2, 0.25) is 0 Å². The topological polar surface area (TPSA) is 84.7 Å². The maximum atomic E-state index is 12.0. The van der Waals surface area contributed by atoms with Crippen LogP contribution in [0.1, 0.15) is 22.7 Å². The smallest absolute Gasteiger partial charge is 0.254 e. The Morgan fingerprint density at radius 2 is 1.93 bits per heavy atom. The normalized spacial score (nSPS) is 11.6. The molecule has 0 fully saturated rings. The average Bonchev–Trinajstić information content (AvgIpc) is 2.70. The molecule has 3 rings (SSSR count). The minimum absolute atomic E-state index is 0.123. The van der Waals surface area contributed by atoms with Gasteiger partial charge in [0.25, 0.3) is 5.56 Å². The Kier molecular flexibility index (Phi) is 5.18. The maximum Gasteiger partial charge on any atom is 0.254 e. The van der Waals surface area contributed by atoms with Crippen molar-refractivity contribution in [2.75, 3.05) is 5.73 Å². The van der Waals surface area contributed by atoms with Gasteiger partial charge in [0.05, 0.1) is 17.3 Å². The third-order valence-corrected chi connectivity index (χ3v) is 4.56. The van der Waals surface area contributed by atoms with Crippen molar-refractivity contribution < 1.29 is 0 Å². The van der Waals surface area contributed by atoms with Gasteiger partial charge < -0.3 is 5.73 Å². The van der Waals surface area contributed by atoms with E-state index in [4.69, 9.17) is 11.0 Å². The third kappa shape index (κ3) is 3.96. The second-order valence-electron chi connectivity index (χ2n) is 6.38. The second-order valence-corrected chi connectivity index (χ2v) is 6.38. The first-order valence-corrected chi connectivity index (χ1v) is 8.57. The van der Waals surface area contributed by atoms with Crippen molar-refractivity contribution in [1.82, 2.24) is 9.55 Å². The van der Waals surface area contributed by atoms with Gasteiger partial charge in [-0.25, -0.2) is 4.98 Å². The predicted octanol–water partition coefficient (Wildman–Crippen LogP) is 3.41. The van der Waals surface area contributed by atoms with Crippen LogP contribution in [-0.4, -0.2) is 9.55 Å². The molecular formula is C22H20N4O. The maximum absolute atomic E-state index is 12.0. The molecule has 5 heteroatoms. The van der Waals surface area contributed by atoms with Crippen molar-refractivity contribution >= 4 is 5.95 Å². The Hall–Kier alpha value is -3.65. The molecule has 0 saturated heterocycles. The summed E-state index contributed by atoms with van der Waals surface area (Å²) >= 11 is 0. The van der Waals surface area contributed by atoms with Gasteiger partial charge in [-0.3, -0.25) is 9.36 Å². The fourth-order valence-electron chi connectivity index (χ4n) is 2.97. The van der Waals surface area contributed by atoms with Gasteiger partial charge in [-0.05, 0) is 35.2 Å². The summed E-state index contributed by atoms with van der Waals surface area (Å²) < 4.78 is 1.31. The van der Waals surface area contributed by atoms with Gasteiger partial charge in [0.2, 0.25) is 5.95 Å². The number of hydrogen-bond donors (Lipinski definition) is 1. The molecule has 0 aliphatic carbocycles. The average molecular weight is 356 g/mol.